The van der Waals surface area contributed by atoms with Crippen LogP contribution in [0.2, 0.25) is 5.02 Å². The molecular formula is C41H54Cl2N10O4S. The first-order valence-electron chi connectivity index (χ1n) is 20.1. The number of aryl methyl sites for hydroxylation is 1. The molecule has 3 saturated heterocycles. The molecule has 2 unspecified atom stereocenters. The number of imide groups is 1. The van der Waals surface area contributed by atoms with Gasteiger partial charge in [0.05, 0.1) is 51.8 Å². The van der Waals surface area contributed by atoms with Crippen molar-refractivity contribution in [3.05, 3.63) is 46.9 Å². The minimum Gasteiger partial charge on any atom is -0.323 e. The number of rotatable bonds is 10. The molecule has 0 spiro atoms. The number of carbonyl (C=O) groups is 4. The number of nitrogens with one attached hydrogen (secondary N) is 2. The number of piperazine rings is 1. The van der Waals surface area contributed by atoms with Gasteiger partial charge in [0, 0.05) is 50.1 Å². The molecule has 0 bridgehead atoms. The highest BCUT2D eigenvalue weighted by atomic mass is 35.5. The largest absolute Gasteiger partial charge is 0.323 e. The van der Waals surface area contributed by atoms with Crippen LogP contribution in [0, 0.1) is 17.2 Å². The summed E-state index contributed by atoms with van der Waals surface area (Å²) in [6, 6.07) is 9.87. The number of nitrogens with zero attached hydrogens (tertiary/aromatic N) is 8. The fourth-order valence-corrected chi connectivity index (χ4v) is 10.7. The Labute approximate surface area is 356 Å². The highest BCUT2D eigenvalue weighted by molar-refractivity contribution is 7.81. The normalized spacial score (nSPS) is 27.0. The molecule has 4 atom stereocenters. The lowest BCUT2D eigenvalue weighted by Gasteiger charge is -2.44. The van der Waals surface area contributed by atoms with Gasteiger partial charge in [0.25, 0.3) is 0 Å². The number of benzene rings is 1. The summed E-state index contributed by atoms with van der Waals surface area (Å²) in [4.78, 5) is 64.4. The molecule has 3 aromatic rings. The maximum absolute atomic E-state index is 13.7. The summed E-state index contributed by atoms with van der Waals surface area (Å²) >= 11 is 11.2. The van der Waals surface area contributed by atoms with Crippen molar-refractivity contribution >= 4 is 82.5 Å². The van der Waals surface area contributed by atoms with Crippen LogP contribution in [0.15, 0.2) is 30.5 Å². The third-order valence-electron chi connectivity index (χ3n) is 12.6. The molecule has 4 fully saturated rings. The first-order chi connectivity index (χ1) is 27.2. The van der Waals surface area contributed by atoms with Gasteiger partial charge in [-0.05, 0) is 97.2 Å². The Morgan fingerprint density at radius 2 is 1.81 bits per heavy atom. The van der Waals surface area contributed by atoms with Crippen molar-refractivity contribution in [3.63, 3.8) is 0 Å². The van der Waals surface area contributed by atoms with Gasteiger partial charge in [-0.3, -0.25) is 43.9 Å². The van der Waals surface area contributed by atoms with E-state index in [4.69, 9.17) is 24.2 Å². The maximum atomic E-state index is 13.7. The number of amides is 4. The summed E-state index contributed by atoms with van der Waals surface area (Å²) in [6.07, 6.45) is 8.71. The Balaban J connectivity index is 0.00000567. The summed E-state index contributed by atoms with van der Waals surface area (Å²) in [5, 5.41) is 20.5. The Kier molecular flexibility index (Phi) is 13.5. The van der Waals surface area contributed by atoms with E-state index < -0.39 is 17.0 Å². The quantitative estimate of drug-likeness (QED) is 0.177. The molecule has 3 aliphatic heterocycles. The molecule has 1 aliphatic carbocycles. The molecule has 1 saturated carbocycles. The van der Waals surface area contributed by atoms with E-state index in [9.17, 15) is 24.4 Å². The van der Waals surface area contributed by atoms with Gasteiger partial charge in [0.2, 0.25) is 23.6 Å². The van der Waals surface area contributed by atoms with E-state index in [2.05, 4.69) is 49.3 Å². The van der Waals surface area contributed by atoms with E-state index >= 15 is 0 Å². The number of hydrogen-bond acceptors (Lipinski definition) is 11. The zero-order chi connectivity index (χ0) is 40.8. The molecule has 5 heterocycles. The SMILES string of the molecule is C[C@@H]1CN(CCCC2CCC(N3C(S)N(c4cnc(C#N)c(Cl)c4)C(=O)C3(C)C)CC2)C[C@H](C)N1CC(=O)Nc1cccc2c(C3CCC(=O)NC3=O)nn(C)c12.Cl. The first-order valence-corrected chi connectivity index (χ1v) is 21.0. The second-order valence-corrected chi connectivity index (χ2v) is 17.7. The third kappa shape index (κ3) is 8.60. The second-order valence-electron chi connectivity index (χ2n) is 16.8. The molecule has 4 aliphatic rings. The third-order valence-corrected chi connectivity index (χ3v) is 13.4. The van der Waals surface area contributed by atoms with E-state index in [0.29, 0.717) is 29.4 Å². The van der Waals surface area contributed by atoms with Crippen LogP contribution in [0.25, 0.3) is 10.9 Å². The smallest absolute Gasteiger partial charge is 0.249 e. The molecule has 312 valence electrons. The number of pyridine rings is 1. The molecule has 0 radical (unpaired) electrons. The van der Waals surface area contributed by atoms with Crippen molar-refractivity contribution in [2.45, 2.75) is 114 Å². The summed E-state index contributed by atoms with van der Waals surface area (Å²) in [5.74, 6) is -0.619. The average Bonchev–Trinajstić information content (AvgIpc) is 3.58. The Bertz CT molecular complexity index is 2090. The van der Waals surface area contributed by atoms with Gasteiger partial charge in [-0.15, -0.1) is 25.0 Å². The van der Waals surface area contributed by atoms with E-state index in [1.807, 2.05) is 38.1 Å². The predicted octanol–water partition coefficient (Wildman–Crippen LogP) is 5.45. The lowest BCUT2D eigenvalue weighted by molar-refractivity contribution is -0.134. The van der Waals surface area contributed by atoms with E-state index in [-0.39, 0.29) is 77.8 Å². The summed E-state index contributed by atoms with van der Waals surface area (Å²) in [6.45, 7) is 11.4. The zero-order valence-electron chi connectivity index (χ0n) is 33.8. The number of carbonyl (C=O) groups excluding carboxylic acids is 4. The number of para-hydroxylation sites is 1. The fourth-order valence-electron chi connectivity index (χ4n) is 9.77. The zero-order valence-corrected chi connectivity index (χ0v) is 36.2. The number of aromatic nitrogens is 3. The maximum Gasteiger partial charge on any atom is 0.249 e. The van der Waals surface area contributed by atoms with Crippen LogP contribution in [0.3, 0.4) is 0 Å². The summed E-state index contributed by atoms with van der Waals surface area (Å²) in [7, 11) is 1.81. The second kappa shape index (κ2) is 17.8. The standard InChI is InChI=1S/C41H53ClN10O4S.ClH/c1-24-21-49(17-7-8-26-11-13-27(14-12-26)52-40(57)51(39(56)41(52,3)4)28-18-31(42)33(19-43)44-20-28)22-25(2)50(24)23-35(54)45-32-10-6-9-29-36(47-48(5)37(29)32)30-15-16-34(53)46-38(30)55;/h6,9-10,18,20,24-27,30,40,57H,7-8,11-17,21-23H2,1-5H3,(H,45,54)(H,46,53,55);1H/t24-,25+,26?,27?,30?,40?;. The van der Waals surface area contributed by atoms with Crippen molar-refractivity contribution in [2.24, 2.45) is 13.0 Å². The number of piperidine rings is 1. The van der Waals surface area contributed by atoms with Gasteiger partial charge in [-0.2, -0.15) is 10.4 Å². The first kappa shape index (κ1) is 43.8. The van der Waals surface area contributed by atoms with Crippen molar-refractivity contribution in [1.29, 1.82) is 5.26 Å². The molecule has 7 rings (SSSR count). The lowest BCUT2D eigenvalue weighted by Crippen LogP contribution is -2.58. The lowest BCUT2D eigenvalue weighted by atomic mass is 9.81. The van der Waals surface area contributed by atoms with E-state index in [0.717, 1.165) is 69.1 Å². The minimum atomic E-state index is -0.739. The van der Waals surface area contributed by atoms with E-state index in [1.165, 1.54) is 6.20 Å². The molecule has 1 aromatic carbocycles. The van der Waals surface area contributed by atoms with Gasteiger partial charge in [-0.25, -0.2) is 4.98 Å². The number of anilines is 2. The number of halogens is 2. The highest BCUT2D eigenvalue weighted by Crippen LogP contribution is 2.43. The predicted molar refractivity (Wildman–Crippen MR) is 229 cm³/mol. The Hall–Kier alpha value is -3.78. The van der Waals surface area contributed by atoms with Gasteiger partial charge in [0.15, 0.2) is 5.69 Å². The van der Waals surface area contributed by atoms with Crippen molar-refractivity contribution in [1.82, 2.24) is 34.8 Å². The number of thiol groups is 1. The van der Waals surface area contributed by atoms with E-state index in [1.54, 1.807) is 22.7 Å². The van der Waals surface area contributed by atoms with Gasteiger partial charge < -0.3 is 10.2 Å². The van der Waals surface area contributed by atoms with Gasteiger partial charge >= 0.3 is 0 Å². The number of hydrogen-bond donors (Lipinski definition) is 3. The fraction of sp³-hybridized carbons (Fsp3) is 0.585. The van der Waals surface area contributed by atoms with Crippen LogP contribution >= 0.6 is 36.6 Å². The number of nitriles is 1. The van der Waals surface area contributed by atoms with Crippen LogP contribution < -0.4 is 15.5 Å². The van der Waals surface area contributed by atoms with Crippen molar-refractivity contribution in [3.8, 4) is 6.07 Å². The topological polar surface area (TPSA) is 160 Å². The molecule has 14 nitrogen and oxygen atoms in total. The Morgan fingerprint density at radius 1 is 1.10 bits per heavy atom. The minimum absolute atomic E-state index is 0. The summed E-state index contributed by atoms with van der Waals surface area (Å²) < 4.78 is 1.70. The molecule has 2 aromatic heterocycles. The molecule has 2 N–H and O–H groups in total. The molecular weight excluding hydrogens is 799 g/mol. The monoisotopic (exact) mass is 852 g/mol. The number of fused-ring (bicyclic) bond motifs is 1. The molecule has 4 amide bonds. The van der Waals surface area contributed by atoms with Crippen LogP contribution in [0.4, 0.5) is 11.4 Å². The molecule has 17 heteroatoms. The van der Waals surface area contributed by atoms with Crippen LogP contribution in [0.1, 0.15) is 96.4 Å². The Morgan fingerprint density at radius 3 is 2.47 bits per heavy atom. The van der Waals surface area contributed by atoms with Crippen LogP contribution in [-0.4, -0.2) is 108 Å². The van der Waals surface area contributed by atoms with Gasteiger partial charge in [0.1, 0.15) is 11.6 Å². The summed E-state index contributed by atoms with van der Waals surface area (Å²) in [5.41, 5.74) is 1.50. The highest BCUT2D eigenvalue weighted by Gasteiger charge is 2.54. The van der Waals surface area contributed by atoms with Crippen molar-refractivity contribution < 1.29 is 19.2 Å². The van der Waals surface area contributed by atoms with Crippen molar-refractivity contribution in [2.75, 3.05) is 36.4 Å². The van der Waals surface area contributed by atoms with Crippen LogP contribution in [0.5, 0.6) is 0 Å². The van der Waals surface area contributed by atoms with Crippen LogP contribution in [-0.2, 0) is 26.2 Å². The average molecular weight is 854 g/mol. The molecule has 58 heavy (non-hydrogen) atoms. The van der Waals surface area contributed by atoms with Gasteiger partial charge in [-0.1, -0.05) is 23.7 Å².